The number of carbonyl (C=O) groups is 2. The Bertz CT molecular complexity index is 736. The molecule has 0 aliphatic heterocycles. The van der Waals surface area contributed by atoms with Crippen LogP contribution in [0, 0.1) is 0 Å². The van der Waals surface area contributed by atoms with Crippen molar-refractivity contribution in [3.05, 3.63) is 52.5 Å². The summed E-state index contributed by atoms with van der Waals surface area (Å²) in [5.41, 5.74) is 1.21. The Morgan fingerprint density at radius 2 is 1.61 bits per heavy atom. The van der Waals surface area contributed by atoms with Crippen molar-refractivity contribution in [2.24, 2.45) is 0 Å². The first-order chi connectivity index (χ1) is 10.9. The number of ether oxygens (including phenoxy) is 2. The van der Waals surface area contributed by atoms with E-state index in [2.05, 4.69) is 5.32 Å². The predicted octanol–water partition coefficient (Wildman–Crippen LogP) is 3.81. The standard InChI is InChI=1S/C17H16ClNO4/c1-10(20)15-8-12(4-5-16(15)18)19-17(21)11-6-13(22-2)9-14(7-11)23-3/h4-9H,1-3H3,(H,19,21). The molecule has 0 saturated carbocycles. The minimum Gasteiger partial charge on any atom is -0.497 e. The van der Waals surface area contributed by atoms with E-state index in [0.29, 0.717) is 33.3 Å². The molecular formula is C17H16ClNO4. The number of hydrogen-bond donors (Lipinski definition) is 1. The fourth-order valence-electron chi connectivity index (χ4n) is 2.01. The lowest BCUT2D eigenvalue weighted by atomic mass is 10.1. The van der Waals surface area contributed by atoms with Crippen LogP contribution in [0.1, 0.15) is 27.6 Å². The molecule has 0 aliphatic carbocycles. The topological polar surface area (TPSA) is 64.6 Å². The summed E-state index contributed by atoms with van der Waals surface area (Å²) in [6.07, 6.45) is 0. The van der Waals surface area contributed by atoms with Crippen molar-refractivity contribution >= 4 is 29.0 Å². The van der Waals surface area contributed by atoms with E-state index in [-0.39, 0.29) is 11.7 Å². The molecule has 0 aromatic heterocycles. The van der Waals surface area contributed by atoms with Crippen LogP contribution in [0.15, 0.2) is 36.4 Å². The molecule has 0 atom stereocenters. The molecule has 0 aliphatic rings. The van der Waals surface area contributed by atoms with Crippen LogP contribution in [0.4, 0.5) is 5.69 Å². The second-order valence-electron chi connectivity index (χ2n) is 4.81. The van der Waals surface area contributed by atoms with E-state index in [4.69, 9.17) is 21.1 Å². The zero-order valence-electron chi connectivity index (χ0n) is 13.0. The molecule has 0 saturated heterocycles. The van der Waals surface area contributed by atoms with Gasteiger partial charge in [0.1, 0.15) is 11.5 Å². The average molecular weight is 334 g/mol. The number of rotatable bonds is 5. The van der Waals surface area contributed by atoms with Crippen LogP contribution in [-0.4, -0.2) is 25.9 Å². The maximum atomic E-state index is 12.4. The summed E-state index contributed by atoms with van der Waals surface area (Å²) < 4.78 is 10.3. The minimum absolute atomic E-state index is 0.172. The summed E-state index contributed by atoms with van der Waals surface area (Å²) >= 11 is 5.96. The van der Waals surface area contributed by atoms with Crippen molar-refractivity contribution in [3.63, 3.8) is 0 Å². The van der Waals surface area contributed by atoms with Crippen molar-refractivity contribution in [2.75, 3.05) is 19.5 Å². The van der Waals surface area contributed by atoms with Crippen LogP contribution in [0.3, 0.4) is 0 Å². The second-order valence-corrected chi connectivity index (χ2v) is 5.21. The summed E-state index contributed by atoms with van der Waals surface area (Å²) in [6, 6.07) is 9.61. The van der Waals surface area contributed by atoms with E-state index >= 15 is 0 Å². The van der Waals surface area contributed by atoms with Crippen LogP contribution in [-0.2, 0) is 0 Å². The van der Waals surface area contributed by atoms with Crippen molar-refractivity contribution in [3.8, 4) is 11.5 Å². The number of ketones is 1. The number of methoxy groups -OCH3 is 2. The van der Waals surface area contributed by atoms with Crippen molar-refractivity contribution in [2.45, 2.75) is 6.92 Å². The third kappa shape index (κ3) is 4.02. The Kier molecular flexibility index (Phi) is 5.24. The first-order valence-electron chi connectivity index (χ1n) is 6.79. The van der Waals surface area contributed by atoms with Gasteiger partial charge in [0.25, 0.3) is 5.91 Å². The average Bonchev–Trinajstić information content (AvgIpc) is 2.55. The molecule has 0 unspecified atom stereocenters. The van der Waals surface area contributed by atoms with Gasteiger partial charge >= 0.3 is 0 Å². The van der Waals surface area contributed by atoms with Crippen LogP contribution >= 0.6 is 11.6 Å². The number of hydrogen-bond acceptors (Lipinski definition) is 4. The molecule has 1 amide bonds. The zero-order chi connectivity index (χ0) is 17.0. The van der Waals surface area contributed by atoms with Crippen molar-refractivity contribution in [1.82, 2.24) is 0 Å². The molecule has 5 nitrogen and oxygen atoms in total. The quantitative estimate of drug-likeness (QED) is 0.845. The Hall–Kier alpha value is -2.53. The van der Waals surface area contributed by atoms with E-state index < -0.39 is 0 Å². The molecule has 0 heterocycles. The van der Waals surface area contributed by atoms with Gasteiger partial charge in [0.2, 0.25) is 0 Å². The summed E-state index contributed by atoms with van der Waals surface area (Å²) in [7, 11) is 3.02. The lowest BCUT2D eigenvalue weighted by molar-refractivity contribution is 0.101. The first-order valence-corrected chi connectivity index (χ1v) is 7.17. The molecule has 2 rings (SSSR count). The van der Waals surface area contributed by atoms with Gasteiger partial charge < -0.3 is 14.8 Å². The highest BCUT2D eigenvalue weighted by Crippen LogP contribution is 2.25. The maximum Gasteiger partial charge on any atom is 0.255 e. The molecule has 0 fully saturated rings. The number of halogens is 1. The van der Waals surface area contributed by atoms with Crippen molar-refractivity contribution < 1.29 is 19.1 Å². The molecule has 120 valence electrons. The number of nitrogens with one attached hydrogen (secondary N) is 1. The number of anilines is 1. The van der Waals surface area contributed by atoms with Gasteiger partial charge in [-0.1, -0.05) is 11.6 Å². The van der Waals surface area contributed by atoms with E-state index in [9.17, 15) is 9.59 Å². The largest absolute Gasteiger partial charge is 0.497 e. The number of Topliss-reactive ketones (excluding diaryl/α,β-unsaturated/α-hetero) is 1. The number of carbonyl (C=O) groups excluding carboxylic acids is 2. The van der Waals surface area contributed by atoms with Crippen LogP contribution in [0.5, 0.6) is 11.5 Å². The van der Waals surface area contributed by atoms with Gasteiger partial charge in [-0.15, -0.1) is 0 Å². The van der Waals surface area contributed by atoms with Crippen molar-refractivity contribution in [1.29, 1.82) is 0 Å². The molecule has 2 aromatic carbocycles. The third-order valence-electron chi connectivity index (χ3n) is 3.22. The first kappa shape index (κ1) is 16.8. The molecule has 0 bridgehead atoms. The van der Waals surface area contributed by atoms with Crippen LogP contribution < -0.4 is 14.8 Å². The Morgan fingerprint density at radius 1 is 1.00 bits per heavy atom. The van der Waals surface area contributed by atoms with Gasteiger partial charge in [0.05, 0.1) is 19.2 Å². The van der Waals surface area contributed by atoms with Gasteiger partial charge in [-0.3, -0.25) is 9.59 Å². The monoisotopic (exact) mass is 333 g/mol. The highest BCUT2D eigenvalue weighted by molar-refractivity contribution is 6.34. The fraction of sp³-hybridized carbons (Fsp3) is 0.176. The molecular weight excluding hydrogens is 318 g/mol. The SMILES string of the molecule is COc1cc(OC)cc(C(=O)Nc2ccc(Cl)c(C(C)=O)c2)c1. The van der Waals surface area contributed by atoms with Gasteiger partial charge in [-0.2, -0.15) is 0 Å². The summed E-state index contributed by atoms with van der Waals surface area (Å²) in [4.78, 5) is 23.9. The van der Waals surface area contributed by atoms with Crippen LogP contribution in [0.25, 0.3) is 0 Å². The molecule has 0 radical (unpaired) electrons. The summed E-state index contributed by atoms with van der Waals surface area (Å²) in [5.74, 6) is 0.498. The summed E-state index contributed by atoms with van der Waals surface area (Å²) in [5, 5.41) is 3.07. The second kappa shape index (κ2) is 7.15. The maximum absolute atomic E-state index is 12.4. The molecule has 0 spiro atoms. The highest BCUT2D eigenvalue weighted by atomic mass is 35.5. The van der Waals surface area contributed by atoms with E-state index in [1.165, 1.54) is 21.1 Å². The van der Waals surface area contributed by atoms with Gasteiger partial charge in [0.15, 0.2) is 5.78 Å². The summed E-state index contributed by atoms with van der Waals surface area (Å²) in [6.45, 7) is 1.42. The molecule has 23 heavy (non-hydrogen) atoms. The van der Waals surface area contributed by atoms with Gasteiger partial charge in [-0.25, -0.2) is 0 Å². The van der Waals surface area contributed by atoms with E-state index in [1.807, 2.05) is 0 Å². The van der Waals surface area contributed by atoms with E-state index in [1.54, 1.807) is 36.4 Å². The lowest BCUT2D eigenvalue weighted by Crippen LogP contribution is -2.12. The van der Waals surface area contributed by atoms with Gasteiger partial charge in [-0.05, 0) is 37.3 Å². The Labute approximate surface area is 139 Å². The molecule has 6 heteroatoms. The normalized spacial score (nSPS) is 10.1. The number of benzene rings is 2. The smallest absolute Gasteiger partial charge is 0.255 e. The number of amides is 1. The zero-order valence-corrected chi connectivity index (χ0v) is 13.7. The van der Waals surface area contributed by atoms with Crippen LogP contribution in [0.2, 0.25) is 5.02 Å². The lowest BCUT2D eigenvalue weighted by Gasteiger charge is -2.10. The highest BCUT2D eigenvalue weighted by Gasteiger charge is 2.12. The van der Waals surface area contributed by atoms with E-state index in [0.717, 1.165) is 0 Å². The molecule has 2 aromatic rings. The predicted molar refractivity (Wildman–Crippen MR) is 89.0 cm³/mol. The Balaban J connectivity index is 2.29. The molecule has 1 N–H and O–H groups in total. The fourth-order valence-corrected chi connectivity index (χ4v) is 2.27. The third-order valence-corrected chi connectivity index (χ3v) is 3.55. The minimum atomic E-state index is -0.348. The Morgan fingerprint density at radius 3 is 2.13 bits per heavy atom. The van der Waals surface area contributed by atoms with Gasteiger partial charge in [0, 0.05) is 22.9 Å².